The zero-order valence-electron chi connectivity index (χ0n) is 16.2. The molecule has 2 aromatic carbocycles. The summed E-state index contributed by atoms with van der Waals surface area (Å²) in [6, 6.07) is 18.1. The molecular weight excluding hydrogens is 362 g/mol. The molecule has 3 aromatic rings. The first-order chi connectivity index (χ1) is 14.3. The van der Waals surface area contributed by atoms with Crippen LogP contribution >= 0.6 is 0 Å². The number of carbonyl (C=O) groups is 1. The van der Waals surface area contributed by atoms with Gasteiger partial charge < -0.3 is 15.1 Å². The SMILES string of the molecule is O=C(Nc1ccc(N2CCCC2)cc1)c1cc(N2CCc3ccccc32)ncn1. The smallest absolute Gasteiger partial charge is 0.274 e. The lowest BCUT2D eigenvalue weighted by Crippen LogP contribution is -2.19. The van der Waals surface area contributed by atoms with Gasteiger partial charge in [-0.15, -0.1) is 0 Å². The Kier molecular flexibility index (Phi) is 4.60. The van der Waals surface area contributed by atoms with Gasteiger partial charge in [-0.05, 0) is 55.2 Å². The average Bonchev–Trinajstić information content (AvgIpc) is 3.45. The summed E-state index contributed by atoms with van der Waals surface area (Å²) in [5, 5.41) is 2.95. The van der Waals surface area contributed by atoms with E-state index in [4.69, 9.17) is 0 Å². The molecule has 2 aliphatic heterocycles. The molecule has 1 fully saturated rings. The number of benzene rings is 2. The van der Waals surface area contributed by atoms with Gasteiger partial charge in [0, 0.05) is 42.8 Å². The largest absolute Gasteiger partial charge is 0.372 e. The van der Waals surface area contributed by atoms with Crippen molar-refractivity contribution in [2.24, 2.45) is 0 Å². The van der Waals surface area contributed by atoms with Crippen LogP contribution in [-0.4, -0.2) is 35.5 Å². The van der Waals surface area contributed by atoms with Crippen LogP contribution in [-0.2, 0) is 6.42 Å². The lowest BCUT2D eigenvalue weighted by atomic mass is 10.2. The molecular formula is C23H23N5O. The summed E-state index contributed by atoms with van der Waals surface area (Å²) in [7, 11) is 0. The summed E-state index contributed by atoms with van der Waals surface area (Å²) in [4.78, 5) is 25.8. The highest BCUT2D eigenvalue weighted by molar-refractivity contribution is 6.03. The molecule has 1 N–H and O–H groups in total. The van der Waals surface area contributed by atoms with Crippen molar-refractivity contribution in [3.63, 3.8) is 0 Å². The van der Waals surface area contributed by atoms with E-state index in [1.165, 1.54) is 30.4 Å². The van der Waals surface area contributed by atoms with E-state index in [1.54, 1.807) is 6.07 Å². The van der Waals surface area contributed by atoms with E-state index in [0.29, 0.717) is 5.69 Å². The Balaban J connectivity index is 1.31. The minimum Gasteiger partial charge on any atom is -0.372 e. The van der Waals surface area contributed by atoms with Gasteiger partial charge in [-0.1, -0.05) is 18.2 Å². The Morgan fingerprint density at radius 2 is 1.72 bits per heavy atom. The van der Waals surface area contributed by atoms with Crippen molar-refractivity contribution in [1.82, 2.24) is 9.97 Å². The normalized spacial score (nSPS) is 15.4. The van der Waals surface area contributed by atoms with Gasteiger partial charge in [0.1, 0.15) is 17.8 Å². The number of anilines is 4. The van der Waals surface area contributed by atoms with Crippen LogP contribution in [0.2, 0.25) is 0 Å². The van der Waals surface area contributed by atoms with Crippen LogP contribution < -0.4 is 15.1 Å². The van der Waals surface area contributed by atoms with Crippen molar-refractivity contribution in [3.8, 4) is 0 Å². The third kappa shape index (κ3) is 3.53. The number of hydrogen-bond acceptors (Lipinski definition) is 5. The predicted molar refractivity (Wildman–Crippen MR) is 115 cm³/mol. The van der Waals surface area contributed by atoms with Gasteiger partial charge in [-0.3, -0.25) is 4.79 Å². The molecule has 0 aliphatic carbocycles. The van der Waals surface area contributed by atoms with Gasteiger partial charge >= 0.3 is 0 Å². The minimum atomic E-state index is -0.227. The maximum absolute atomic E-state index is 12.7. The van der Waals surface area contributed by atoms with Crippen LogP contribution in [0.3, 0.4) is 0 Å². The fraction of sp³-hybridized carbons (Fsp3) is 0.261. The summed E-state index contributed by atoms with van der Waals surface area (Å²) in [6.45, 7) is 3.07. The van der Waals surface area contributed by atoms with Crippen molar-refractivity contribution >= 4 is 28.8 Å². The molecule has 1 saturated heterocycles. The number of rotatable bonds is 4. The van der Waals surface area contributed by atoms with Gasteiger partial charge in [0.05, 0.1) is 0 Å². The highest BCUT2D eigenvalue weighted by Crippen LogP contribution is 2.33. The van der Waals surface area contributed by atoms with Crippen LogP contribution in [0.15, 0.2) is 60.9 Å². The van der Waals surface area contributed by atoms with E-state index >= 15 is 0 Å². The third-order valence-corrected chi connectivity index (χ3v) is 5.65. The molecule has 1 aromatic heterocycles. The molecule has 0 unspecified atom stereocenters. The molecule has 2 aliphatic rings. The summed E-state index contributed by atoms with van der Waals surface area (Å²) in [5.74, 6) is 0.523. The fourth-order valence-electron chi connectivity index (χ4n) is 4.12. The molecule has 0 bridgehead atoms. The summed E-state index contributed by atoms with van der Waals surface area (Å²) < 4.78 is 0. The lowest BCUT2D eigenvalue weighted by molar-refractivity contribution is 0.102. The van der Waals surface area contributed by atoms with E-state index in [1.807, 2.05) is 18.2 Å². The first-order valence-corrected chi connectivity index (χ1v) is 10.1. The van der Waals surface area contributed by atoms with E-state index < -0.39 is 0 Å². The first-order valence-electron chi connectivity index (χ1n) is 10.1. The van der Waals surface area contributed by atoms with E-state index in [-0.39, 0.29) is 5.91 Å². The molecule has 29 heavy (non-hydrogen) atoms. The molecule has 6 heteroatoms. The second-order valence-corrected chi connectivity index (χ2v) is 7.49. The Morgan fingerprint density at radius 3 is 2.55 bits per heavy atom. The molecule has 5 rings (SSSR count). The third-order valence-electron chi connectivity index (χ3n) is 5.65. The second kappa shape index (κ2) is 7.54. The Morgan fingerprint density at radius 1 is 0.931 bits per heavy atom. The number of nitrogens with one attached hydrogen (secondary N) is 1. The number of amides is 1. The summed E-state index contributed by atoms with van der Waals surface area (Å²) in [5.41, 5.74) is 4.79. The molecule has 0 spiro atoms. The molecule has 0 atom stereocenters. The molecule has 3 heterocycles. The van der Waals surface area contributed by atoms with Crippen molar-refractivity contribution in [1.29, 1.82) is 0 Å². The highest BCUT2D eigenvalue weighted by atomic mass is 16.1. The minimum absolute atomic E-state index is 0.227. The molecule has 6 nitrogen and oxygen atoms in total. The number of nitrogens with zero attached hydrogens (tertiary/aromatic N) is 4. The van der Waals surface area contributed by atoms with Gasteiger partial charge in [-0.25, -0.2) is 9.97 Å². The van der Waals surface area contributed by atoms with Crippen LogP contribution in [0.4, 0.5) is 22.9 Å². The Labute approximate surface area is 170 Å². The zero-order chi connectivity index (χ0) is 19.6. The van der Waals surface area contributed by atoms with Crippen LogP contribution in [0.1, 0.15) is 28.9 Å². The maximum Gasteiger partial charge on any atom is 0.274 e. The highest BCUT2D eigenvalue weighted by Gasteiger charge is 2.22. The van der Waals surface area contributed by atoms with Gasteiger partial charge in [-0.2, -0.15) is 0 Å². The molecule has 0 saturated carbocycles. The average molecular weight is 385 g/mol. The van der Waals surface area contributed by atoms with E-state index in [2.05, 4.69) is 55.4 Å². The van der Waals surface area contributed by atoms with Crippen LogP contribution in [0, 0.1) is 0 Å². The van der Waals surface area contributed by atoms with Crippen LogP contribution in [0.5, 0.6) is 0 Å². The van der Waals surface area contributed by atoms with Gasteiger partial charge in [0.15, 0.2) is 0 Å². The van der Waals surface area contributed by atoms with Crippen molar-refractivity contribution in [2.45, 2.75) is 19.3 Å². The Bertz CT molecular complexity index is 1030. The summed E-state index contributed by atoms with van der Waals surface area (Å²) >= 11 is 0. The number of para-hydroxylation sites is 1. The number of aromatic nitrogens is 2. The molecule has 0 radical (unpaired) electrons. The molecule has 146 valence electrons. The zero-order valence-corrected chi connectivity index (χ0v) is 16.2. The van der Waals surface area contributed by atoms with Gasteiger partial charge in [0.2, 0.25) is 0 Å². The predicted octanol–water partition coefficient (Wildman–Crippen LogP) is 4.02. The molecule has 1 amide bonds. The van der Waals surface area contributed by atoms with Crippen molar-refractivity contribution in [2.75, 3.05) is 34.8 Å². The summed E-state index contributed by atoms with van der Waals surface area (Å²) in [6.07, 6.45) is 4.93. The first kappa shape index (κ1) is 17.7. The van der Waals surface area contributed by atoms with Crippen LogP contribution in [0.25, 0.3) is 0 Å². The van der Waals surface area contributed by atoms with Gasteiger partial charge in [0.25, 0.3) is 5.91 Å². The monoisotopic (exact) mass is 385 g/mol. The second-order valence-electron chi connectivity index (χ2n) is 7.49. The number of hydrogen-bond donors (Lipinski definition) is 1. The topological polar surface area (TPSA) is 61.4 Å². The van der Waals surface area contributed by atoms with E-state index in [9.17, 15) is 4.79 Å². The lowest BCUT2D eigenvalue weighted by Gasteiger charge is -2.19. The van der Waals surface area contributed by atoms with E-state index in [0.717, 1.165) is 43.2 Å². The maximum atomic E-state index is 12.7. The number of fused-ring (bicyclic) bond motifs is 1. The standard InChI is InChI=1S/C23H23N5O/c29-23(26-18-7-9-19(10-8-18)27-12-3-4-13-27)20-15-22(25-16-24-20)28-14-11-17-5-1-2-6-21(17)28/h1-2,5-10,15-16H,3-4,11-14H2,(H,26,29). The Hall–Kier alpha value is -3.41. The quantitative estimate of drug-likeness (QED) is 0.735. The van der Waals surface area contributed by atoms with Crippen molar-refractivity contribution < 1.29 is 4.79 Å². The number of carbonyl (C=O) groups excluding carboxylic acids is 1. The fourth-order valence-corrected chi connectivity index (χ4v) is 4.12. The van der Waals surface area contributed by atoms with Crippen molar-refractivity contribution in [3.05, 3.63) is 72.2 Å².